The lowest BCUT2D eigenvalue weighted by atomic mass is 10.1. The Balaban J connectivity index is 1.57. The smallest absolute Gasteiger partial charge is 0.244 e. The van der Waals surface area contributed by atoms with Crippen molar-refractivity contribution in [2.75, 3.05) is 7.11 Å². The van der Waals surface area contributed by atoms with Crippen LogP contribution in [0.5, 0.6) is 17.2 Å². The molecule has 0 saturated carbocycles. The molecule has 0 radical (unpaired) electrons. The molecule has 3 rings (SSSR count). The second-order valence-electron chi connectivity index (χ2n) is 6.47. The average molecular weight is 425 g/mol. The number of amides is 1. The number of hydrazone groups is 1. The van der Waals surface area contributed by atoms with Crippen LogP contribution >= 0.6 is 11.6 Å². The number of halogens is 1. The Kier molecular flexibility index (Phi) is 7.29. The summed E-state index contributed by atoms with van der Waals surface area (Å²) in [6, 6.07) is 19.3. The SMILES string of the molecule is COc1cc(/C=N\NC(=O)Cc2ccc(O)cc2)ccc1OCc1cccc(Cl)c1. The summed E-state index contributed by atoms with van der Waals surface area (Å²) in [6.45, 7) is 0.359. The molecule has 154 valence electrons. The van der Waals surface area contributed by atoms with Gasteiger partial charge < -0.3 is 14.6 Å². The second-order valence-corrected chi connectivity index (χ2v) is 6.90. The van der Waals surface area contributed by atoms with Crippen LogP contribution in [0.25, 0.3) is 0 Å². The fraction of sp³-hybridized carbons (Fsp3) is 0.130. The summed E-state index contributed by atoms with van der Waals surface area (Å²) in [5, 5.41) is 13.9. The maximum atomic E-state index is 12.0. The zero-order valence-electron chi connectivity index (χ0n) is 16.3. The van der Waals surface area contributed by atoms with Gasteiger partial charge in [-0.05, 0) is 59.2 Å². The Labute approximate surface area is 179 Å². The molecule has 0 heterocycles. The molecule has 0 fully saturated rings. The number of carbonyl (C=O) groups excluding carboxylic acids is 1. The van der Waals surface area contributed by atoms with Gasteiger partial charge in [0.15, 0.2) is 11.5 Å². The summed E-state index contributed by atoms with van der Waals surface area (Å²) < 4.78 is 11.2. The van der Waals surface area contributed by atoms with E-state index in [1.807, 2.05) is 30.3 Å². The molecule has 1 amide bonds. The van der Waals surface area contributed by atoms with Crippen molar-refractivity contribution in [1.82, 2.24) is 5.43 Å². The minimum Gasteiger partial charge on any atom is -0.508 e. The maximum Gasteiger partial charge on any atom is 0.244 e. The summed E-state index contributed by atoms with van der Waals surface area (Å²) in [7, 11) is 1.56. The number of phenols is 1. The first-order valence-electron chi connectivity index (χ1n) is 9.18. The number of methoxy groups -OCH3 is 1. The molecule has 3 aromatic rings. The fourth-order valence-electron chi connectivity index (χ4n) is 2.69. The van der Waals surface area contributed by atoms with Gasteiger partial charge >= 0.3 is 0 Å². The molecule has 0 aliphatic heterocycles. The summed E-state index contributed by atoms with van der Waals surface area (Å²) in [4.78, 5) is 12.0. The number of nitrogens with zero attached hydrogens (tertiary/aromatic N) is 1. The molecule has 3 aromatic carbocycles. The molecule has 0 bridgehead atoms. The molecular weight excluding hydrogens is 404 g/mol. The van der Waals surface area contributed by atoms with Gasteiger partial charge in [0.25, 0.3) is 0 Å². The van der Waals surface area contributed by atoms with Gasteiger partial charge in [0.05, 0.1) is 19.7 Å². The first-order valence-corrected chi connectivity index (χ1v) is 9.56. The molecule has 0 aliphatic carbocycles. The van der Waals surface area contributed by atoms with Crippen LogP contribution in [-0.4, -0.2) is 24.3 Å². The van der Waals surface area contributed by atoms with Gasteiger partial charge in [-0.15, -0.1) is 0 Å². The number of phenolic OH excluding ortho intramolecular Hbond substituents is 1. The lowest BCUT2D eigenvalue weighted by Gasteiger charge is -2.11. The van der Waals surface area contributed by atoms with Crippen molar-refractivity contribution in [1.29, 1.82) is 0 Å². The number of hydrogen-bond acceptors (Lipinski definition) is 5. The van der Waals surface area contributed by atoms with Crippen LogP contribution in [0.15, 0.2) is 71.8 Å². The van der Waals surface area contributed by atoms with Crippen LogP contribution in [0, 0.1) is 0 Å². The molecule has 30 heavy (non-hydrogen) atoms. The van der Waals surface area contributed by atoms with Crippen molar-refractivity contribution < 1.29 is 19.4 Å². The number of carbonyl (C=O) groups is 1. The van der Waals surface area contributed by atoms with Gasteiger partial charge in [-0.2, -0.15) is 5.10 Å². The molecule has 7 heteroatoms. The third kappa shape index (κ3) is 6.25. The number of aromatic hydroxyl groups is 1. The van der Waals surface area contributed by atoms with Crippen LogP contribution in [-0.2, 0) is 17.8 Å². The van der Waals surface area contributed by atoms with E-state index < -0.39 is 0 Å². The Morgan fingerprint density at radius 2 is 1.87 bits per heavy atom. The minimum atomic E-state index is -0.259. The second kappa shape index (κ2) is 10.3. The number of hydrogen-bond donors (Lipinski definition) is 2. The molecular formula is C23H21ClN2O4. The van der Waals surface area contributed by atoms with Crippen LogP contribution < -0.4 is 14.9 Å². The van der Waals surface area contributed by atoms with Gasteiger partial charge in [-0.25, -0.2) is 5.43 Å². The van der Waals surface area contributed by atoms with Crippen molar-refractivity contribution in [3.8, 4) is 17.2 Å². The van der Waals surface area contributed by atoms with Crippen molar-refractivity contribution in [2.45, 2.75) is 13.0 Å². The normalized spacial score (nSPS) is 10.7. The number of nitrogens with one attached hydrogen (secondary N) is 1. The van der Waals surface area contributed by atoms with Crippen molar-refractivity contribution in [2.24, 2.45) is 5.10 Å². The monoisotopic (exact) mass is 424 g/mol. The predicted molar refractivity (Wildman–Crippen MR) is 116 cm³/mol. The zero-order chi connectivity index (χ0) is 21.3. The first-order chi connectivity index (χ1) is 14.5. The first kappa shape index (κ1) is 21.2. The van der Waals surface area contributed by atoms with Crippen LogP contribution in [0.1, 0.15) is 16.7 Å². The van der Waals surface area contributed by atoms with Crippen LogP contribution in [0.3, 0.4) is 0 Å². The highest BCUT2D eigenvalue weighted by Crippen LogP contribution is 2.28. The number of benzene rings is 3. The highest BCUT2D eigenvalue weighted by atomic mass is 35.5. The largest absolute Gasteiger partial charge is 0.508 e. The summed E-state index contributed by atoms with van der Waals surface area (Å²) >= 11 is 5.99. The molecule has 2 N–H and O–H groups in total. The molecule has 6 nitrogen and oxygen atoms in total. The van der Waals surface area contributed by atoms with E-state index in [-0.39, 0.29) is 18.1 Å². The average Bonchev–Trinajstić information content (AvgIpc) is 2.74. The topological polar surface area (TPSA) is 80.2 Å². The van der Waals surface area contributed by atoms with E-state index in [0.29, 0.717) is 23.1 Å². The molecule has 0 spiro atoms. The van der Waals surface area contributed by atoms with Crippen LogP contribution in [0.2, 0.25) is 5.02 Å². The lowest BCUT2D eigenvalue weighted by molar-refractivity contribution is -0.120. The third-order valence-electron chi connectivity index (χ3n) is 4.17. The Morgan fingerprint density at radius 3 is 2.60 bits per heavy atom. The van der Waals surface area contributed by atoms with E-state index in [1.165, 1.54) is 18.3 Å². The Bertz CT molecular complexity index is 1040. The summed E-state index contributed by atoms with van der Waals surface area (Å²) in [6.07, 6.45) is 1.69. The highest BCUT2D eigenvalue weighted by Gasteiger charge is 2.07. The molecule has 0 aliphatic rings. The lowest BCUT2D eigenvalue weighted by Crippen LogP contribution is -2.19. The van der Waals surface area contributed by atoms with Gasteiger partial charge in [0.2, 0.25) is 5.91 Å². The summed E-state index contributed by atoms with van der Waals surface area (Å²) in [5.41, 5.74) is 4.96. The van der Waals surface area contributed by atoms with E-state index in [4.69, 9.17) is 21.1 Å². The molecule has 0 aromatic heterocycles. The van der Waals surface area contributed by atoms with Gasteiger partial charge in [0, 0.05) is 5.02 Å². The predicted octanol–water partition coefficient (Wildman–Crippen LogP) is 4.33. The zero-order valence-corrected chi connectivity index (χ0v) is 17.1. The van der Waals surface area contributed by atoms with Crippen molar-refractivity contribution in [3.63, 3.8) is 0 Å². The van der Waals surface area contributed by atoms with Gasteiger partial charge in [-0.3, -0.25) is 4.79 Å². The Morgan fingerprint density at radius 1 is 1.07 bits per heavy atom. The van der Waals surface area contributed by atoms with E-state index in [1.54, 1.807) is 31.4 Å². The quantitative estimate of drug-likeness (QED) is 0.416. The van der Waals surface area contributed by atoms with E-state index in [2.05, 4.69) is 10.5 Å². The standard InChI is InChI=1S/C23H21ClN2O4/c1-29-22-12-17(7-10-21(22)30-15-18-3-2-4-19(24)11-18)14-25-26-23(28)13-16-5-8-20(27)9-6-16/h2-12,14,27H,13,15H2,1H3,(H,26,28)/b25-14-. The molecule has 0 atom stereocenters. The van der Waals surface area contributed by atoms with E-state index >= 15 is 0 Å². The minimum absolute atomic E-state index is 0.158. The van der Waals surface area contributed by atoms with Crippen LogP contribution in [0.4, 0.5) is 0 Å². The Hall–Kier alpha value is -3.51. The van der Waals surface area contributed by atoms with Crippen molar-refractivity contribution >= 4 is 23.7 Å². The van der Waals surface area contributed by atoms with E-state index in [0.717, 1.165) is 16.7 Å². The fourth-order valence-corrected chi connectivity index (χ4v) is 2.90. The van der Waals surface area contributed by atoms with Gasteiger partial charge in [-0.1, -0.05) is 35.9 Å². The number of rotatable bonds is 8. The van der Waals surface area contributed by atoms with Gasteiger partial charge in [0.1, 0.15) is 12.4 Å². The summed E-state index contributed by atoms with van der Waals surface area (Å²) in [5.74, 6) is 1.04. The molecule has 0 saturated heterocycles. The highest BCUT2D eigenvalue weighted by molar-refractivity contribution is 6.30. The third-order valence-corrected chi connectivity index (χ3v) is 4.41. The van der Waals surface area contributed by atoms with E-state index in [9.17, 15) is 9.90 Å². The number of ether oxygens (including phenoxy) is 2. The molecule has 0 unspecified atom stereocenters. The van der Waals surface area contributed by atoms with Crippen molar-refractivity contribution in [3.05, 3.63) is 88.4 Å². The maximum absolute atomic E-state index is 12.0.